The zero-order valence-electron chi connectivity index (χ0n) is 12.0. The average Bonchev–Trinajstić information content (AvgIpc) is 2.47. The van der Waals surface area contributed by atoms with E-state index in [1.54, 1.807) is 0 Å². The van der Waals surface area contributed by atoms with Gasteiger partial charge in [-0.1, -0.05) is 12.5 Å². The minimum absolute atomic E-state index is 0.0465. The molecule has 0 saturated carbocycles. The van der Waals surface area contributed by atoms with Crippen LogP contribution in [-0.2, 0) is 33.2 Å². The molecule has 7 nitrogen and oxygen atoms in total. The van der Waals surface area contributed by atoms with Crippen LogP contribution in [0.1, 0.15) is 0 Å². The lowest BCUT2D eigenvalue weighted by Gasteiger charge is -2.07. The molecule has 0 aromatic rings. The smallest absolute Gasteiger partial charge is 0.289 e. The Morgan fingerprint density at radius 2 is 1.29 bits per heavy atom. The number of terminal acetylenes is 1. The molecule has 0 aliphatic rings. The van der Waals surface area contributed by atoms with Crippen molar-refractivity contribution < 1.29 is 31.5 Å². The van der Waals surface area contributed by atoms with Gasteiger partial charge in [0.05, 0.1) is 58.3 Å². The number of hydrogen-bond acceptors (Lipinski definition) is 7. The van der Waals surface area contributed by atoms with E-state index >= 15 is 0 Å². The number of rotatable bonds is 15. The van der Waals surface area contributed by atoms with E-state index in [4.69, 9.17) is 25.4 Å². The Balaban J connectivity index is 3.13. The largest absolute Gasteiger partial charge is 0.377 e. The molecule has 0 amide bonds. The first-order chi connectivity index (χ1) is 10.1. The lowest BCUT2D eigenvalue weighted by molar-refractivity contribution is -0.00160. The van der Waals surface area contributed by atoms with Crippen LogP contribution < -0.4 is 0 Å². The maximum absolute atomic E-state index is 10.9. The first kappa shape index (κ1) is 20.1. The Labute approximate surface area is 126 Å². The lowest BCUT2D eigenvalue weighted by atomic mass is 10.7. The Kier molecular flexibility index (Phi) is 13.4. The molecular formula is C13H22O7S. The molecule has 0 radical (unpaired) electrons. The molecule has 0 heterocycles. The van der Waals surface area contributed by atoms with E-state index in [-0.39, 0.29) is 19.8 Å². The molecule has 0 unspecified atom stereocenters. The summed E-state index contributed by atoms with van der Waals surface area (Å²) in [7, 11) is -3.62. The van der Waals surface area contributed by atoms with Crippen molar-refractivity contribution in [1.82, 2.24) is 0 Å². The fourth-order valence-electron chi connectivity index (χ4n) is 1.05. The fraction of sp³-hybridized carbons (Fsp3) is 0.692. The second kappa shape index (κ2) is 14.0. The third-order valence-corrected chi connectivity index (χ3v) is 2.88. The Bertz CT molecular complexity index is 386. The van der Waals surface area contributed by atoms with Gasteiger partial charge in [-0.15, -0.1) is 6.42 Å². The standard InChI is InChI=1S/C13H22O7S/c1-3-5-16-6-7-17-8-9-18-10-11-19-12-13-20-21(14,15)4-2/h1,4H,2,5-13H2. The van der Waals surface area contributed by atoms with Gasteiger partial charge >= 0.3 is 0 Å². The average molecular weight is 322 g/mol. The van der Waals surface area contributed by atoms with Crippen LogP contribution in [0, 0.1) is 12.3 Å². The summed E-state index contributed by atoms with van der Waals surface area (Å²) in [5.74, 6) is 2.36. The summed E-state index contributed by atoms with van der Waals surface area (Å²) in [4.78, 5) is 0. The molecule has 0 bridgehead atoms. The highest BCUT2D eigenvalue weighted by atomic mass is 32.2. The van der Waals surface area contributed by atoms with Crippen molar-refractivity contribution in [2.24, 2.45) is 0 Å². The van der Waals surface area contributed by atoms with Crippen LogP contribution in [0.25, 0.3) is 0 Å². The van der Waals surface area contributed by atoms with E-state index < -0.39 is 10.1 Å². The van der Waals surface area contributed by atoms with Crippen LogP contribution in [0.2, 0.25) is 0 Å². The Hall–Kier alpha value is -0.950. The van der Waals surface area contributed by atoms with Crippen LogP contribution in [0.3, 0.4) is 0 Å². The highest BCUT2D eigenvalue weighted by molar-refractivity contribution is 7.89. The van der Waals surface area contributed by atoms with Crippen molar-refractivity contribution in [2.75, 3.05) is 59.5 Å². The predicted molar refractivity (Wildman–Crippen MR) is 77.2 cm³/mol. The fourth-order valence-corrected chi connectivity index (χ4v) is 1.44. The molecule has 8 heteroatoms. The molecule has 0 aliphatic heterocycles. The van der Waals surface area contributed by atoms with Gasteiger partial charge in [-0.2, -0.15) is 8.42 Å². The molecule has 21 heavy (non-hydrogen) atoms. The predicted octanol–water partition coefficient (Wildman–Crippen LogP) is 0.176. The van der Waals surface area contributed by atoms with Crippen molar-refractivity contribution in [3.8, 4) is 12.3 Å². The normalized spacial score (nSPS) is 11.2. The van der Waals surface area contributed by atoms with Gasteiger partial charge in [0.1, 0.15) is 6.61 Å². The molecule has 0 fully saturated rings. The van der Waals surface area contributed by atoms with Crippen molar-refractivity contribution in [2.45, 2.75) is 0 Å². The maximum Gasteiger partial charge on any atom is 0.289 e. The van der Waals surface area contributed by atoms with E-state index in [2.05, 4.69) is 16.7 Å². The van der Waals surface area contributed by atoms with Crippen molar-refractivity contribution in [3.05, 3.63) is 12.0 Å². The summed E-state index contributed by atoms with van der Waals surface area (Å²) in [6.45, 7) is 6.10. The molecule has 0 rings (SSSR count). The lowest BCUT2D eigenvalue weighted by Crippen LogP contribution is -2.14. The summed E-state index contributed by atoms with van der Waals surface area (Å²) in [5, 5.41) is 0.744. The van der Waals surface area contributed by atoms with Crippen LogP contribution in [0.15, 0.2) is 12.0 Å². The summed E-state index contributed by atoms with van der Waals surface area (Å²) in [5.41, 5.74) is 0. The minimum atomic E-state index is -3.62. The number of ether oxygens (including phenoxy) is 4. The van der Waals surface area contributed by atoms with Gasteiger partial charge in [-0.05, 0) is 0 Å². The molecule has 0 spiro atoms. The zero-order chi connectivity index (χ0) is 15.8. The third-order valence-electron chi connectivity index (χ3n) is 1.98. The van der Waals surface area contributed by atoms with Crippen LogP contribution in [-0.4, -0.2) is 67.9 Å². The monoisotopic (exact) mass is 322 g/mol. The van der Waals surface area contributed by atoms with Crippen molar-refractivity contribution in [1.29, 1.82) is 0 Å². The summed E-state index contributed by atoms with van der Waals surface area (Å²) in [6.07, 6.45) is 5.01. The van der Waals surface area contributed by atoms with E-state index in [1.165, 1.54) is 0 Å². The maximum atomic E-state index is 10.9. The van der Waals surface area contributed by atoms with Gasteiger partial charge in [-0.3, -0.25) is 4.18 Å². The summed E-state index contributed by atoms with van der Waals surface area (Å²) >= 11 is 0. The summed E-state index contributed by atoms with van der Waals surface area (Å²) < 4.78 is 46.8. The van der Waals surface area contributed by atoms with Gasteiger partial charge in [0.15, 0.2) is 0 Å². The molecule has 0 aliphatic carbocycles. The van der Waals surface area contributed by atoms with Gasteiger partial charge in [-0.25, -0.2) is 0 Å². The highest BCUT2D eigenvalue weighted by Gasteiger charge is 2.03. The topological polar surface area (TPSA) is 80.3 Å². The second-order valence-electron chi connectivity index (χ2n) is 3.58. The highest BCUT2D eigenvalue weighted by Crippen LogP contribution is 1.92. The molecule has 0 atom stereocenters. The quantitative estimate of drug-likeness (QED) is 0.242. The first-order valence-electron chi connectivity index (χ1n) is 6.38. The molecular weight excluding hydrogens is 300 g/mol. The molecule has 0 aromatic heterocycles. The molecule has 122 valence electrons. The molecule has 0 saturated heterocycles. The molecule has 0 aromatic carbocycles. The van der Waals surface area contributed by atoms with Crippen molar-refractivity contribution in [3.63, 3.8) is 0 Å². The Morgan fingerprint density at radius 3 is 1.71 bits per heavy atom. The number of hydrogen-bond donors (Lipinski definition) is 0. The van der Waals surface area contributed by atoms with E-state index in [1.807, 2.05) is 0 Å². The van der Waals surface area contributed by atoms with Crippen LogP contribution >= 0.6 is 0 Å². The Morgan fingerprint density at radius 1 is 0.857 bits per heavy atom. The van der Waals surface area contributed by atoms with Gasteiger partial charge in [0, 0.05) is 0 Å². The first-order valence-corrected chi connectivity index (χ1v) is 7.86. The van der Waals surface area contributed by atoms with Gasteiger partial charge < -0.3 is 18.9 Å². The van der Waals surface area contributed by atoms with Crippen LogP contribution in [0.5, 0.6) is 0 Å². The second-order valence-corrected chi connectivity index (χ2v) is 5.13. The van der Waals surface area contributed by atoms with Gasteiger partial charge in [0.2, 0.25) is 0 Å². The van der Waals surface area contributed by atoms with Crippen molar-refractivity contribution >= 4 is 10.1 Å². The third kappa shape index (κ3) is 15.3. The van der Waals surface area contributed by atoms with Crippen LogP contribution in [0.4, 0.5) is 0 Å². The summed E-state index contributed by atoms with van der Waals surface area (Å²) in [6, 6.07) is 0. The van der Waals surface area contributed by atoms with E-state index in [0.717, 1.165) is 5.41 Å². The van der Waals surface area contributed by atoms with E-state index in [9.17, 15) is 8.42 Å². The molecule has 0 N–H and O–H groups in total. The van der Waals surface area contributed by atoms with E-state index in [0.29, 0.717) is 39.6 Å². The zero-order valence-corrected chi connectivity index (χ0v) is 12.8. The minimum Gasteiger partial charge on any atom is -0.377 e. The SMILES string of the molecule is C#CCOCCOCCOCCOCCOS(=O)(=O)C=C. The van der Waals surface area contributed by atoms with Gasteiger partial charge in [0.25, 0.3) is 10.1 Å².